The Labute approximate surface area is 78.4 Å². The normalized spacial score (nSPS) is 0.500. The first-order valence-electron chi connectivity index (χ1n) is 0.224. The van der Waals surface area contributed by atoms with Crippen LogP contribution in [0.2, 0.25) is 0 Å². The summed E-state index contributed by atoms with van der Waals surface area (Å²) in [6.07, 6.45) is 0. The van der Waals surface area contributed by atoms with Gasteiger partial charge in [-0.05, 0) is 0 Å². The third-order valence-electron chi connectivity index (χ3n) is 0. The van der Waals surface area contributed by atoms with E-state index in [1.807, 2.05) is 0 Å². The molecule has 0 rings (SSSR count). The van der Waals surface area contributed by atoms with Crippen LogP contribution >= 0.6 is 0 Å². The molecule has 3 heteroatoms. The molecule has 0 amide bonds. The quantitative estimate of drug-likeness (QED) is 0.251. The predicted molar refractivity (Wildman–Crippen MR) is 4.97 cm³/mol. The number of nitrogens with zero attached hydrogens (tertiary/aromatic N) is 1. The van der Waals surface area contributed by atoms with E-state index in [1.165, 1.54) is 0 Å². The molecule has 0 spiro atoms. The van der Waals surface area contributed by atoms with E-state index in [4.69, 9.17) is 11.8 Å². The Hall–Kier alpha value is 1.63. The zero-order valence-corrected chi connectivity index (χ0v) is 6.44. The van der Waals surface area contributed by atoms with Gasteiger partial charge in [0.2, 0.25) is 0 Å². The van der Waals surface area contributed by atoms with Crippen LogP contribution in [0.15, 0.2) is 0 Å². The van der Waals surface area contributed by atoms with Gasteiger partial charge in [0.05, 0.1) is 0 Å². The molecular weight excluding hydrogens is 124 g/mol. The van der Waals surface area contributed by atoms with Crippen molar-refractivity contribution < 1.29 is 68.2 Å². The third kappa shape index (κ3) is 9.45. The molecule has 0 atom stereocenters. The monoisotopic (exact) mass is 124 g/mol. The van der Waals surface area contributed by atoms with Gasteiger partial charge in [-0.2, -0.15) is 0 Å². The molecule has 0 aliphatic carbocycles. The average molecular weight is 124 g/mol. The Morgan fingerprint density at radius 3 is 1.25 bits per heavy atom. The zero-order chi connectivity index (χ0) is 2.00. The molecule has 0 fully saturated rings. The van der Waals surface area contributed by atoms with E-state index in [2.05, 4.69) is 0 Å². The first kappa shape index (κ1) is 17.4. The Morgan fingerprint density at radius 2 is 1.25 bits per heavy atom. The summed E-state index contributed by atoms with van der Waals surface area (Å²) < 4.78 is 0. The minimum Gasteiger partial charge on any atom is -0.512 e. The van der Waals surface area contributed by atoms with Gasteiger partial charge in [-0.15, -0.1) is 0 Å². The first-order valence-corrected chi connectivity index (χ1v) is 0.224. The average Bonchev–Trinajstić information content (AvgIpc) is 1.00. The second-order valence-electron chi connectivity index (χ2n) is 0. The van der Waals surface area contributed by atoms with Gasteiger partial charge in [0.15, 0.2) is 0 Å². The number of rotatable bonds is 0. The molecule has 0 N–H and O–H groups in total. The number of hydrogen-bond donors (Lipinski definition) is 0. The predicted octanol–water partition coefficient (Wildman–Crippen LogP) is -2.90. The molecule has 0 saturated heterocycles. The SMILES string of the molecule is [C-]#N.[Co+3].[K+]. The van der Waals surface area contributed by atoms with Gasteiger partial charge in [-0.1, -0.05) is 0 Å². The summed E-state index contributed by atoms with van der Waals surface area (Å²) in [6, 6.07) is 0. The number of hydrogen-bond acceptors (Lipinski definition) is 1. The van der Waals surface area contributed by atoms with E-state index in [1.54, 1.807) is 0 Å². The van der Waals surface area contributed by atoms with E-state index in [0.29, 0.717) is 0 Å². The van der Waals surface area contributed by atoms with Gasteiger partial charge < -0.3 is 11.8 Å². The maximum absolute atomic E-state index is 6.25. The van der Waals surface area contributed by atoms with Crippen LogP contribution in [-0.2, 0) is 16.8 Å². The van der Waals surface area contributed by atoms with Gasteiger partial charge in [0.25, 0.3) is 0 Å². The van der Waals surface area contributed by atoms with Crippen molar-refractivity contribution in [2.75, 3.05) is 0 Å². The molecule has 0 aromatic rings. The fraction of sp³-hybridized carbons (Fsp3) is 0. The maximum Gasteiger partial charge on any atom is 3.00 e. The summed E-state index contributed by atoms with van der Waals surface area (Å²) >= 11 is 0. The topological polar surface area (TPSA) is 23.8 Å². The minimum absolute atomic E-state index is 0. The second kappa shape index (κ2) is 22.9. The van der Waals surface area contributed by atoms with Crippen LogP contribution in [0.1, 0.15) is 0 Å². The summed E-state index contributed by atoms with van der Waals surface area (Å²) in [5, 5.41) is 6.25. The second-order valence-corrected chi connectivity index (χ2v) is 0. The molecule has 4 heavy (non-hydrogen) atoms. The standard InChI is InChI=1S/CN.Co.K/c1-2;;/q-1;+3;+1. The van der Waals surface area contributed by atoms with Crippen LogP contribution in [-0.4, -0.2) is 0 Å². The molecule has 1 nitrogen and oxygen atoms in total. The molecule has 0 heterocycles. The molecule has 0 unspecified atom stereocenters. The van der Waals surface area contributed by atoms with Gasteiger partial charge >= 0.3 is 68.2 Å². The summed E-state index contributed by atoms with van der Waals surface area (Å²) in [6.45, 7) is 4.75. The van der Waals surface area contributed by atoms with Crippen molar-refractivity contribution in [3.8, 4) is 0 Å². The van der Waals surface area contributed by atoms with Gasteiger partial charge in [0, 0.05) is 0 Å². The summed E-state index contributed by atoms with van der Waals surface area (Å²) in [5.74, 6) is 0. The van der Waals surface area contributed by atoms with Crippen LogP contribution in [0.5, 0.6) is 0 Å². The maximum atomic E-state index is 6.25. The van der Waals surface area contributed by atoms with Crippen molar-refractivity contribution >= 4 is 0 Å². The third-order valence-corrected chi connectivity index (χ3v) is 0. The van der Waals surface area contributed by atoms with Crippen LogP contribution in [0.4, 0.5) is 0 Å². The van der Waals surface area contributed by atoms with Gasteiger partial charge in [0.1, 0.15) is 0 Å². The largest absolute Gasteiger partial charge is 3.00 e. The smallest absolute Gasteiger partial charge is 0.512 e. The van der Waals surface area contributed by atoms with Gasteiger partial charge in [-0.25, -0.2) is 0 Å². The molecule has 0 bridgehead atoms. The van der Waals surface area contributed by atoms with Crippen LogP contribution in [0, 0.1) is 11.8 Å². The first-order chi connectivity index (χ1) is 1.00. The molecule has 0 aliphatic heterocycles. The van der Waals surface area contributed by atoms with E-state index in [9.17, 15) is 0 Å². The zero-order valence-electron chi connectivity index (χ0n) is 2.28. The van der Waals surface area contributed by atoms with Crippen molar-refractivity contribution in [1.29, 1.82) is 5.26 Å². The molecular formula is CCoKN+3. The Morgan fingerprint density at radius 1 is 1.25 bits per heavy atom. The van der Waals surface area contributed by atoms with Gasteiger partial charge in [-0.3, -0.25) is 0 Å². The fourth-order valence-electron chi connectivity index (χ4n) is 0. The summed E-state index contributed by atoms with van der Waals surface area (Å²) in [5.41, 5.74) is 0. The molecule has 16 valence electrons. The molecule has 0 saturated carbocycles. The van der Waals surface area contributed by atoms with Crippen molar-refractivity contribution in [3.63, 3.8) is 0 Å². The Bertz CT molecular complexity index is 12.8. The van der Waals surface area contributed by atoms with Crippen molar-refractivity contribution in [2.45, 2.75) is 0 Å². The van der Waals surface area contributed by atoms with E-state index < -0.39 is 0 Å². The van der Waals surface area contributed by atoms with Crippen LogP contribution < -0.4 is 51.4 Å². The summed E-state index contributed by atoms with van der Waals surface area (Å²) in [7, 11) is 0. The summed E-state index contributed by atoms with van der Waals surface area (Å²) in [4.78, 5) is 0. The Kier molecular flexibility index (Phi) is 100.0. The van der Waals surface area contributed by atoms with Crippen molar-refractivity contribution in [2.24, 2.45) is 0 Å². The van der Waals surface area contributed by atoms with Crippen LogP contribution in [0.3, 0.4) is 0 Å². The van der Waals surface area contributed by atoms with E-state index in [-0.39, 0.29) is 68.2 Å². The molecule has 0 radical (unpaired) electrons. The van der Waals surface area contributed by atoms with E-state index in [0.717, 1.165) is 0 Å². The van der Waals surface area contributed by atoms with E-state index >= 15 is 0 Å². The minimum atomic E-state index is 0. The molecule has 0 aromatic carbocycles. The molecule has 0 aromatic heterocycles. The van der Waals surface area contributed by atoms with Crippen molar-refractivity contribution in [3.05, 3.63) is 6.57 Å². The van der Waals surface area contributed by atoms with Crippen molar-refractivity contribution in [1.82, 2.24) is 0 Å². The fourth-order valence-corrected chi connectivity index (χ4v) is 0. The molecule has 0 aliphatic rings. The van der Waals surface area contributed by atoms with Crippen LogP contribution in [0.25, 0.3) is 0 Å². The Balaban J connectivity index is -0.00000000500.